The number of nitrogens with zero attached hydrogens (tertiary/aromatic N) is 2. The monoisotopic (exact) mass is 354 g/mol. The first-order chi connectivity index (χ1) is 12.6. The first kappa shape index (κ1) is 19.3. The van der Waals surface area contributed by atoms with Crippen LogP contribution in [0.25, 0.3) is 0 Å². The van der Waals surface area contributed by atoms with Gasteiger partial charge in [-0.15, -0.1) is 0 Å². The Hall–Kier alpha value is -3.02. The molecule has 6 heteroatoms. The van der Waals surface area contributed by atoms with Gasteiger partial charge in [0.2, 0.25) is 0 Å². The minimum atomic E-state index is -0.397. The number of rotatable bonds is 8. The zero-order valence-corrected chi connectivity index (χ0v) is 15.5. The van der Waals surface area contributed by atoms with Crippen LogP contribution in [0.3, 0.4) is 0 Å². The molecular weight excluding hydrogens is 328 g/mol. The summed E-state index contributed by atoms with van der Waals surface area (Å²) >= 11 is 0. The number of carbonyl (C=O) groups excluding carboxylic acids is 1. The molecule has 2 amide bonds. The van der Waals surface area contributed by atoms with E-state index in [1.165, 1.54) is 0 Å². The predicted octanol–water partition coefficient (Wildman–Crippen LogP) is 4.09. The highest BCUT2D eigenvalue weighted by atomic mass is 16.5. The number of benzene rings is 2. The zero-order valence-electron chi connectivity index (χ0n) is 15.5. The number of anilines is 2. The maximum atomic E-state index is 11.9. The summed E-state index contributed by atoms with van der Waals surface area (Å²) in [7, 11) is 3.97. The molecule has 0 unspecified atom stereocenters. The normalized spacial score (nSPS) is 10.6. The van der Waals surface area contributed by atoms with Gasteiger partial charge in [0, 0.05) is 25.5 Å². The van der Waals surface area contributed by atoms with Crippen molar-refractivity contribution in [3.05, 3.63) is 54.1 Å². The van der Waals surface area contributed by atoms with Gasteiger partial charge in [0.05, 0.1) is 12.8 Å². The molecule has 138 valence electrons. The molecule has 0 aromatic heterocycles. The number of nitrogens with one attached hydrogen (secondary N) is 2. The summed E-state index contributed by atoms with van der Waals surface area (Å²) in [6.07, 6.45) is 3.72. The highest BCUT2D eigenvalue weighted by Gasteiger charge is 2.01. The molecule has 0 fully saturated rings. The Balaban J connectivity index is 1.79. The van der Waals surface area contributed by atoms with Crippen molar-refractivity contribution >= 4 is 23.6 Å². The lowest BCUT2D eigenvalue weighted by molar-refractivity contribution is 0.252. The van der Waals surface area contributed by atoms with Crippen LogP contribution in [0.15, 0.2) is 53.6 Å². The van der Waals surface area contributed by atoms with Crippen LogP contribution in [0.5, 0.6) is 5.75 Å². The van der Waals surface area contributed by atoms with E-state index in [4.69, 9.17) is 4.74 Å². The van der Waals surface area contributed by atoms with Crippen LogP contribution in [0.4, 0.5) is 16.2 Å². The number of hydrogen-bond donors (Lipinski definition) is 2. The highest BCUT2D eigenvalue weighted by molar-refractivity contribution is 5.90. The second-order valence-electron chi connectivity index (χ2n) is 6.04. The first-order valence-corrected chi connectivity index (χ1v) is 8.69. The van der Waals surface area contributed by atoms with Crippen molar-refractivity contribution in [2.75, 3.05) is 30.9 Å². The van der Waals surface area contributed by atoms with Crippen LogP contribution >= 0.6 is 0 Å². The summed E-state index contributed by atoms with van der Waals surface area (Å²) in [4.78, 5) is 13.9. The average molecular weight is 354 g/mol. The van der Waals surface area contributed by atoms with Crippen molar-refractivity contribution in [3.8, 4) is 5.75 Å². The molecule has 0 bridgehead atoms. The van der Waals surface area contributed by atoms with E-state index < -0.39 is 6.03 Å². The second kappa shape index (κ2) is 10.1. The largest absolute Gasteiger partial charge is 0.494 e. The molecule has 0 aliphatic carbocycles. The molecule has 6 nitrogen and oxygen atoms in total. The summed E-state index contributed by atoms with van der Waals surface area (Å²) in [5.74, 6) is 0.795. The molecule has 0 saturated heterocycles. The molecule has 2 aromatic rings. The fraction of sp³-hybridized carbons (Fsp3) is 0.300. The third-order valence-electron chi connectivity index (χ3n) is 3.67. The lowest BCUT2D eigenvalue weighted by Gasteiger charge is -2.11. The van der Waals surface area contributed by atoms with E-state index in [0.717, 1.165) is 29.8 Å². The number of hydrazone groups is 1. The number of ether oxygens (including phenoxy) is 1. The summed E-state index contributed by atoms with van der Waals surface area (Å²) < 4.78 is 5.59. The SMILES string of the molecule is CCCCOc1ccc(NC(=O)NN=Cc2ccc(N(C)C)cc2)cc1. The quantitative estimate of drug-likeness (QED) is 0.426. The van der Waals surface area contributed by atoms with Crippen molar-refractivity contribution in [2.45, 2.75) is 19.8 Å². The van der Waals surface area contributed by atoms with Gasteiger partial charge in [0.25, 0.3) is 0 Å². The average Bonchev–Trinajstić information content (AvgIpc) is 2.64. The van der Waals surface area contributed by atoms with Crippen LogP contribution in [0.2, 0.25) is 0 Å². The topological polar surface area (TPSA) is 66.0 Å². The molecule has 2 aromatic carbocycles. The van der Waals surface area contributed by atoms with E-state index in [9.17, 15) is 4.79 Å². The van der Waals surface area contributed by atoms with Gasteiger partial charge in [-0.3, -0.25) is 0 Å². The van der Waals surface area contributed by atoms with Crippen LogP contribution in [-0.2, 0) is 0 Å². The minimum absolute atomic E-state index is 0.397. The van der Waals surface area contributed by atoms with Gasteiger partial charge < -0.3 is 15.0 Å². The molecule has 2 N–H and O–H groups in total. The van der Waals surface area contributed by atoms with Crippen LogP contribution in [0.1, 0.15) is 25.3 Å². The Morgan fingerprint density at radius 3 is 2.42 bits per heavy atom. The van der Waals surface area contributed by atoms with E-state index in [2.05, 4.69) is 22.8 Å². The van der Waals surface area contributed by atoms with Gasteiger partial charge in [0.1, 0.15) is 5.75 Å². The Labute approximate surface area is 154 Å². The lowest BCUT2D eigenvalue weighted by Crippen LogP contribution is -2.24. The lowest BCUT2D eigenvalue weighted by atomic mass is 10.2. The van der Waals surface area contributed by atoms with Crippen molar-refractivity contribution < 1.29 is 9.53 Å². The fourth-order valence-corrected chi connectivity index (χ4v) is 2.15. The molecule has 0 heterocycles. The van der Waals surface area contributed by atoms with Crippen molar-refractivity contribution in [1.82, 2.24) is 5.43 Å². The first-order valence-electron chi connectivity index (χ1n) is 8.69. The van der Waals surface area contributed by atoms with Gasteiger partial charge in [0.15, 0.2) is 0 Å². The molecule has 26 heavy (non-hydrogen) atoms. The summed E-state index contributed by atoms with van der Waals surface area (Å²) in [5.41, 5.74) is 5.14. The van der Waals surface area contributed by atoms with Crippen LogP contribution < -0.4 is 20.4 Å². The van der Waals surface area contributed by atoms with Crippen molar-refractivity contribution in [3.63, 3.8) is 0 Å². The summed E-state index contributed by atoms with van der Waals surface area (Å²) in [5, 5.41) is 6.68. The third kappa shape index (κ3) is 6.47. The maximum Gasteiger partial charge on any atom is 0.339 e. The van der Waals surface area contributed by atoms with Crippen molar-refractivity contribution in [2.24, 2.45) is 5.10 Å². The molecule has 0 aliphatic rings. The Morgan fingerprint density at radius 1 is 1.12 bits per heavy atom. The zero-order chi connectivity index (χ0) is 18.8. The molecule has 0 atom stereocenters. The van der Waals surface area contributed by atoms with Gasteiger partial charge in [-0.2, -0.15) is 5.10 Å². The van der Waals surface area contributed by atoms with E-state index in [0.29, 0.717) is 12.3 Å². The van der Waals surface area contributed by atoms with Gasteiger partial charge in [-0.25, -0.2) is 10.2 Å². The van der Waals surface area contributed by atoms with Crippen LogP contribution in [0, 0.1) is 0 Å². The van der Waals surface area contributed by atoms with E-state index in [-0.39, 0.29) is 0 Å². The summed E-state index contributed by atoms with van der Waals surface area (Å²) in [6, 6.07) is 14.7. The van der Waals surface area contributed by atoms with E-state index >= 15 is 0 Å². The highest BCUT2D eigenvalue weighted by Crippen LogP contribution is 2.16. The standard InChI is InChI=1S/C20H26N4O2/c1-4-5-14-26-19-12-8-17(9-13-19)22-20(25)23-21-15-16-6-10-18(11-7-16)24(2)3/h6-13,15H,4-5,14H2,1-3H3,(H2,22,23,25). The van der Waals surface area contributed by atoms with Gasteiger partial charge in [-0.05, 0) is 48.4 Å². The Morgan fingerprint density at radius 2 is 1.81 bits per heavy atom. The Bertz CT molecular complexity index is 710. The van der Waals surface area contributed by atoms with Crippen molar-refractivity contribution in [1.29, 1.82) is 0 Å². The number of hydrogen-bond acceptors (Lipinski definition) is 4. The molecule has 0 spiro atoms. The van der Waals surface area contributed by atoms with E-state index in [1.807, 2.05) is 55.4 Å². The number of carbonyl (C=O) groups is 1. The number of unbranched alkanes of at least 4 members (excludes halogenated alkanes) is 1. The summed E-state index contributed by atoms with van der Waals surface area (Å²) in [6.45, 7) is 2.82. The predicted molar refractivity (Wildman–Crippen MR) is 107 cm³/mol. The minimum Gasteiger partial charge on any atom is -0.494 e. The van der Waals surface area contributed by atoms with Gasteiger partial charge in [-0.1, -0.05) is 25.5 Å². The molecule has 0 saturated carbocycles. The van der Waals surface area contributed by atoms with E-state index in [1.54, 1.807) is 18.3 Å². The van der Waals surface area contributed by atoms with Gasteiger partial charge >= 0.3 is 6.03 Å². The fourth-order valence-electron chi connectivity index (χ4n) is 2.15. The molecular formula is C20H26N4O2. The third-order valence-corrected chi connectivity index (χ3v) is 3.67. The molecule has 0 radical (unpaired) electrons. The number of urea groups is 1. The Kier molecular flexibility index (Phi) is 7.49. The number of amides is 2. The maximum absolute atomic E-state index is 11.9. The second-order valence-corrected chi connectivity index (χ2v) is 6.04. The molecule has 2 rings (SSSR count). The van der Waals surface area contributed by atoms with Crippen LogP contribution in [-0.4, -0.2) is 32.9 Å². The molecule has 0 aliphatic heterocycles. The smallest absolute Gasteiger partial charge is 0.339 e.